The van der Waals surface area contributed by atoms with E-state index in [0.717, 1.165) is 77.0 Å². The molecule has 0 aliphatic carbocycles. The summed E-state index contributed by atoms with van der Waals surface area (Å²) < 4.78 is 12.2. The van der Waals surface area contributed by atoms with E-state index in [2.05, 4.69) is 24.3 Å². The zero-order chi connectivity index (χ0) is 42.0. The predicted octanol–water partition coefficient (Wildman–Crippen LogP) is 9.95. The molecule has 0 aliphatic heterocycles. The molecule has 0 saturated carbocycles. The molecule has 0 heterocycles. The average Bonchev–Trinajstić information content (AvgIpc) is 3.23. The number of rotatable bonds is 40. The van der Waals surface area contributed by atoms with E-state index in [-0.39, 0.29) is 87.1 Å². The Kier molecular flexibility index (Phi) is 43.9. The standard InChI is InChI=1S/2C25H42O4.Ba/c2*26-21-15-19-24(29-22-23-16-11-10-12-17-23)18-13-8-6-4-2-1-3-5-7-9-14-20-25(27)28;/h2*10-12,16-17,24,26H,1-9,13-15,18-22H2,(H,27,28);/q;;+2/p-2. The van der Waals surface area contributed by atoms with Crippen LogP contribution in [-0.2, 0) is 32.3 Å². The molecule has 59 heavy (non-hydrogen) atoms. The molecule has 0 amide bonds. The number of carboxylic acids is 2. The maximum atomic E-state index is 10.3. The van der Waals surface area contributed by atoms with Crippen molar-refractivity contribution in [3.63, 3.8) is 0 Å². The third-order valence-corrected chi connectivity index (χ3v) is 10.8. The van der Waals surface area contributed by atoms with Gasteiger partial charge in [-0.25, -0.2) is 0 Å². The Labute approximate surface area is 400 Å². The van der Waals surface area contributed by atoms with Gasteiger partial charge >= 0.3 is 48.9 Å². The van der Waals surface area contributed by atoms with Crippen molar-refractivity contribution in [2.75, 3.05) is 13.2 Å². The van der Waals surface area contributed by atoms with Gasteiger partial charge < -0.3 is 39.5 Å². The SMILES string of the molecule is O=C([O-])CCCCCCCCCCCCCC(CCCO)OCc1ccccc1.O=C([O-])CCCCCCCCCCCCCC(CCCO)OCc1ccccc1.[Ba+2]. The Morgan fingerprint density at radius 2 is 0.661 bits per heavy atom. The Balaban J connectivity index is 0.00000112. The molecule has 8 nitrogen and oxygen atoms in total. The summed E-state index contributed by atoms with van der Waals surface area (Å²) in [7, 11) is 0. The molecule has 0 saturated heterocycles. The van der Waals surface area contributed by atoms with Crippen molar-refractivity contribution in [2.45, 2.75) is 218 Å². The molecule has 2 aromatic rings. The van der Waals surface area contributed by atoms with Crippen molar-refractivity contribution < 1.29 is 39.5 Å². The smallest absolute Gasteiger partial charge is 0.550 e. The van der Waals surface area contributed by atoms with E-state index < -0.39 is 11.9 Å². The maximum absolute atomic E-state index is 10.3. The largest absolute Gasteiger partial charge is 2.00 e. The summed E-state index contributed by atoms with van der Waals surface area (Å²) >= 11 is 0. The first-order valence-corrected chi connectivity index (χ1v) is 23.4. The number of aliphatic hydroxyl groups is 2. The first-order chi connectivity index (χ1) is 28.4. The number of aliphatic carboxylic acids is 2. The van der Waals surface area contributed by atoms with Gasteiger partial charge in [0.15, 0.2) is 0 Å². The normalized spacial score (nSPS) is 12.0. The van der Waals surface area contributed by atoms with Crippen LogP contribution in [-0.4, -0.2) is 96.5 Å². The fraction of sp³-hybridized carbons (Fsp3) is 0.720. The molecule has 2 rings (SSSR count). The van der Waals surface area contributed by atoms with Crippen LogP contribution in [0.25, 0.3) is 0 Å². The number of benzene rings is 2. The monoisotopic (exact) mass is 949 g/mol. The Morgan fingerprint density at radius 3 is 0.932 bits per heavy atom. The summed E-state index contributed by atoms with van der Waals surface area (Å²) in [5.41, 5.74) is 2.42. The van der Waals surface area contributed by atoms with Crippen LogP contribution >= 0.6 is 0 Å². The Bertz CT molecular complexity index is 1080. The number of unbranched alkanes of at least 4 members (excludes halogenated alkanes) is 20. The Morgan fingerprint density at radius 1 is 0.407 bits per heavy atom. The van der Waals surface area contributed by atoms with Gasteiger partial charge in [-0.3, -0.25) is 0 Å². The van der Waals surface area contributed by atoms with Crippen molar-refractivity contribution in [2.24, 2.45) is 0 Å². The fourth-order valence-corrected chi connectivity index (χ4v) is 7.30. The van der Waals surface area contributed by atoms with Crippen LogP contribution in [0.15, 0.2) is 60.7 Å². The second-order valence-corrected chi connectivity index (χ2v) is 16.2. The van der Waals surface area contributed by atoms with E-state index in [4.69, 9.17) is 19.7 Å². The quantitative estimate of drug-likeness (QED) is 0.0498. The van der Waals surface area contributed by atoms with Gasteiger partial charge in [0.05, 0.1) is 25.4 Å². The van der Waals surface area contributed by atoms with Crippen LogP contribution in [0, 0.1) is 0 Å². The molecule has 0 radical (unpaired) electrons. The fourth-order valence-electron chi connectivity index (χ4n) is 7.30. The molecular formula is C50H82BaO8. The second-order valence-electron chi connectivity index (χ2n) is 16.2. The van der Waals surface area contributed by atoms with Crippen molar-refractivity contribution in [1.29, 1.82) is 0 Å². The molecule has 0 aromatic heterocycles. The van der Waals surface area contributed by atoms with Crippen LogP contribution in [0.3, 0.4) is 0 Å². The van der Waals surface area contributed by atoms with Gasteiger partial charge in [-0.1, -0.05) is 189 Å². The minimum atomic E-state index is -0.924. The van der Waals surface area contributed by atoms with Gasteiger partial charge in [0.1, 0.15) is 0 Å². The number of hydrogen-bond acceptors (Lipinski definition) is 8. The summed E-state index contributed by atoms with van der Waals surface area (Å²) in [5.74, 6) is -1.85. The molecule has 2 atom stereocenters. The number of carbonyl (C=O) groups excluding carboxylic acids is 2. The number of aliphatic hydroxyl groups excluding tert-OH is 2. The number of carbonyl (C=O) groups is 2. The molecule has 2 unspecified atom stereocenters. The molecule has 9 heteroatoms. The van der Waals surface area contributed by atoms with E-state index >= 15 is 0 Å². The van der Waals surface area contributed by atoms with Crippen molar-refractivity contribution in [3.05, 3.63) is 71.8 Å². The molecule has 0 bridgehead atoms. The van der Waals surface area contributed by atoms with E-state index in [1.165, 1.54) is 114 Å². The van der Waals surface area contributed by atoms with Crippen molar-refractivity contribution in [1.82, 2.24) is 0 Å². The molecular weight excluding hydrogens is 866 g/mol. The average molecular weight is 949 g/mol. The first-order valence-electron chi connectivity index (χ1n) is 23.4. The minimum absolute atomic E-state index is 0. The van der Waals surface area contributed by atoms with Crippen LogP contribution in [0.4, 0.5) is 0 Å². The molecule has 2 aromatic carbocycles. The minimum Gasteiger partial charge on any atom is -0.550 e. The molecule has 0 aliphatic rings. The number of hydrogen-bond donors (Lipinski definition) is 2. The van der Waals surface area contributed by atoms with Gasteiger partial charge in [-0.15, -0.1) is 0 Å². The van der Waals surface area contributed by atoms with Crippen LogP contribution in [0.1, 0.15) is 204 Å². The molecule has 2 N–H and O–H groups in total. The zero-order valence-electron chi connectivity index (χ0n) is 37.0. The molecule has 332 valence electrons. The van der Waals surface area contributed by atoms with E-state index in [1.54, 1.807) is 0 Å². The Hall–Kier alpha value is -1.21. The summed E-state index contributed by atoms with van der Waals surface area (Å²) in [4.78, 5) is 20.7. The van der Waals surface area contributed by atoms with Gasteiger partial charge in [0, 0.05) is 25.2 Å². The second kappa shape index (κ2) is 44.8. The van der Waals surface area contributed by atoms with Crippen LogP contribution in [0.5, 0.6) is 0 Å². The predicted molar refractivity (Wildman–Crippen MR) is 238 cm³/mol. The van der Waals surface area contributed by atoms with E-state index in [0.29, 0.717) is 13.2 Å². The number of ether oxygens (including phenoxy) is 2. The summed E-state index contributed by atoms with van der Waals surface area (Å²) in [6, 6.07) is 20.6. The van der Waals surface area contributed by atoms with Gasteiger partial charge in [0.2, 0.25) is 0 Å². The van der Waals surface area contributed by atoms with Crippen molar-refractivity contribution >= 4 is 60.8 Å². The van der Waals surface area contributed by atoms with E-state index in [1.807, 2.05) is 36.4 Å². The maximum Gasteiger partial charge on any atom is 2.00 e. The van der Waals surface area contributed by atoms with E-state index in [9.17, 15) is 19.8 Å². The van der Waals surface area contributed by atoms with Gasteiger partial charge in [0.25, 0.3) is 0 Å². The van der Waals surface area contributed by atoms with Gasteiger partial charge in [-0.2, -0.15) is 0 Å². The summed E-state index contributed by atoms with van der Waals surface area (Å²) in [6.45, 7) is 1.79. The first kappa shape index (κ1) is 57.8. The summed E-state index contributed by atoms with van der Waals surface area (Å²) in [5, 5.41) is 38.9. The molecule has 0 spiro atoms. The zero-order valence-corrected chi connectivity index (χ0v) is 41.5. The van der Waals surface area contributed by atoms with Crippen LogP contribution in [0.2, 0.25) is 0 Å². The third-order valence-electron chi connectivity index (χ3n) is 10.8. The third kappa shape index (κ3) is 40.6. The van der Waals surface area contributed by atoms with Crippen molar-refractivity contribution in [3.8, 4) is 0 Å². The van der Waals surface area contributed by atoms with Crippen LogP contribution < -0.4 is 10.2 Å². The molecule has 0 fully saturated rings. The number of carboxylic acid groups (broad SMARTS) is 2. The van der Waals surface area contributed by atoms with Gasteiger partial charge in [-0.05, 0) is 75.3 Å². The summed E-state index contributed by atoms with van der Waals surface area (Å²) in [6.07, 6.45) is 32.7. The topological polar surface area (TPSA) is 139 Å².